The number of hydrogen-bond donors (Lipinski definition) is 1. The molecule has 0 aliphatic carbocycles. The number of benzene rings is 2. The Balaban J connectivity index is 1.92. The summed E-state index contributed by atoms with van der Waals surface area (Å²) < 4.78 is 5.27. The zero-order valence-electron chi connectivity index (χ0n) is 16.4. The summed E-state index contributed by atoms with van der Waals surface area (Å²) >= 11 is 5.98. The van der Waals surface area contributed by atoms with E-state index in [-0.39, 0.29) is 12.6 Å². The van der Waals surface area contributed by atoms with Gasteiger partial charge in [-0.3, -0.25) is 4.90 Å². The molecule has 2 aromatic carbocycles. The van der Waals surface area contributed by atoms with Crippen LogP contribution in [0.5, 0.6) is 0 Å². The van der Waals surface area contributed by atoms with Gasteiger partial charge in [0.2, 0.25) is 0 Å². The number of allylic oxidation sites excluding steroid dienone is 1. The number of ether oxygens (including phenoxy) is 1. The number of halogens is 1. The van der Waals surface area contributed by atoms with E-state index in [4.69, 9.17) is 16.3 Å². The highest BCUT2D eigenvalue weighted by molar-refractivity contribution is 6.30. The van der Waals surface area contributed by atoms with Crippen molar-refractivity contribution in [1.29, 1.82) is 0 Å². The molecule has 0 bridgehead atoms. The van der Waals surface area contributed by atoms with E-state index in [2.05, 4.69) is 5.32 Å². The number of nitrogens with zero attached hydrogens (tertiary/aromatic N) is 1. The molecule has 1 heterocycles. The molecule has 1 unspecified atom stereocenters. The topological polar surface area (TPSA) is 58.6 Å². The Hall–Kier alpha value is -3.05. The van der Waals surface area contributed by atoms with E-state index in [1.54, 1.807) is 38.1 Å². The molecule has 0 saturated carbocycles. The van der Waals surface area contributed by atoms with Crippen LogP contribution in [0.3, 0.4) is 0 Å². The van der Waals surface area contributed by atoms with Gasteiger partial charge in [-0.15, -0.1) is 0 Å². The lowest BCUT2D eigenvalue weighted by Crippen LogP contribution is -2.48. The van der Waals surface area contributed by atoms with Crippen LogP contribution in [0.15, 0.2) is 71.9 Å². The first-order valence-corrected chi connectivity index (χ1v) is 9.82. The average molecular weight is 411 g/mol. The minimum Gasteiger partial charge on any atom is -0.463 e. The maximum atomic E-state index is 12.8. The third-order valence-electron chi connectivity index (χ3n) is 4.69. The predicted octanol–water partition coefficient (Wildman–Crippen LogP) is 4.96. The molecule has 0 radical (unpaired) electrons. The van der Waals surface area contributed by atoms with Crippen molar-refractivity contribution in [2.75, 3.05) is 13.2 Å². The minimum atomic E-state index is -0.590. The SMILES string of the molecule is CCOC(=O)C1=C(C)N(C/C=C/c2ccccc2)C(=O)NC1c1ccc(Cl)cc1. The maximum absolute atomic E-state index is 12.8. The van der Waals surface area contributed by atoms with Crippen molar-refractivity contribution in [3.05, 3.63) is 88.1 Å². The van der Waals surface area contributed by atoms with Crippen molar-refractivity contribution in [2.45, 2.75) is 19.9 Å². The van der Waals surface area contributed by atoms with E-state index in [9.17, 15) is 9.59 Å². The first-order chi connectivity index (χ1) is 14.0. The number of rotatable bonds is 6. The lowest BCUT2D eigenvalue weighted by Gasteiger charge is -2.35. The third kappa shape index (κ3) is 4.87. The Morgan fingerprint density at radius 3 is 2.52 bits per heavy atom. The first kappa shape index (κ1) is 20.7. The molecule has 0 aromatic heterocycles. The molecule has 5 nitrogen and oxygen atoms in total. The van der Waals surface area contributed by atoms with E-state index in [1.807, 2.05) is 42.5 Å². The molecule has 0 saturated heterocycles. The van der Waals surface area contributed by atoms with Crippen LogP contribution in [-0.2, 0) is 9.53 Å². The summed E-state index contributed by atoms with van der Waals surface area (Å²) in [5, 5.41) is 3.51. The Kier molecular flexibility index (Phi) is 6.73. The van der Waals surface area contributed by atoms with Crippen LogP contribution >= 0.6 is 11.6 Å². The molecular weight excluding hydrogens is 388 g/mol. The van der Waals surface area contributed by atoms with Gasteiger partial charge >= 0.3 is 12.0 Å². The Morgan fingerprint density at radius 2 is 1.86 bits per heavy atom. The summed E-state index contributed by atoms with van der Waals surface area (Å²) in [6, 6.07) is 16.0. The van der Waals surface area contributed by atoms with E-state index >= 15 is 0 Å². The fourth-order valence-electron chi connectivity index (χ4n) is 3.24. The van der Waals surface area contributed by atoms with Gasteiger partial charge in [0.05, 0.1) is 18.2 Å². The molecule has 6 heteroatoms. The standard InChI is InChI=1S/C23H23ClN2O3/c1-3-29-22(27)20-16(2)26(15-7-10-17-8-5-4-6-9-17)23(28)25-21(20)18-11-13-19(24)14-12-18/h4-14,21H,3,15H2,1-2H3,(H,25,28)/b10-7+. The summed E-state index contributed by atoms with van der Waals surface area (Å²) in [4.78, 5) is 27.0. The molecule has 2 aromatic rings. The largest absolute Gasteiger partial charge is 0.463 e. The fourth-order valence-corrected chi connectivity index (χ4v) is 3.36. The molecule has 29 heavy (non-hydrogen) atoms. The van der Waals surface area contributed by atoms with Crippen molar-refractivity contribution in [3.63, 3.8) is 0 Å². The monoisotopic (exact) mass is 410 g/mol. The van der Waals surface area contributed by atoms with Crippen molar-refractivity contribution >= 4 is 29.7 Å². The van der Waals surface area contributed by atoms with Crippen molar-refractivity contribution in [3.8, 4) is 0 Å². The van der Waals surface area contributed by atoms with E-state index < -0.39 is 12.0 Å². The highest BCUT2D eigenvalue weighted by Gasteiger charge is 2.35. The van der Waals surface area contributed by atoms with Gasteiger partial charge in [-0.25, -0.2) is 9.59 Å². The molecule has 1 aliphatic rings. The van der Waals surface area contributed by atoms with Crippen LogP contribution in [0, 0.1) is 0 Å². The Morgan fingerprint density at radius 1 is 1.17 bits per heavy atom. The third-order valence-corrected chi connectivity index (χ3v) is 4.94. The second-order valence-corrected chi connectivity index (χ2v) is 7.01. The summed E-state index contributed by atoms with van der Waals surface area (Å²) in [7, 11) is 0. The normalized spacial score (nSPS) is 16.9. The van der Waals surface area contributed by atoms with Crippen LogP contribution in [0.25, 0.3) is 6.08 Å². The molecule has 1 atom stereocenters. The summed E-state index contributed by atoms with van der Waals surface area (Å²) in [6.45, 7) is 4.12. The molecule has 1 N–H and O–H groups in total. The van der Waals surface area contributed by atoms with Crippen LogP contribution in [0.2, 0.25) is 5.02 Å². The predicted molar refractivity (Wildman–Crippen MR) is 114 cm³/mol. The molecule has 1 aliphatic heterocycles. The summed E-state index contributed by atoms with van der Waals surface area (Å²) in [5.41, 5.74) is 2.80. The van der Waals surface area contributed by atoms with Gasteiger partial charge in [0.15, 0.2) is 0 Å². The minimum absolute atomic E-state index is 0.255. The lowest BCUT2D eigenvalue weighted by atomic mass is 9.95. The van der Waals surface area contributed by atoms with Gasteiger partial charge in [0.1, 0.15) is 0 Å². The van der Waals surface area contributed by atoms with Crippen molar-refractivity contribution < 1.29 is 14.3 Å². The van der Waals surface area contributed by atoms with E-state index in [0.29, 0.717) is 22.8 Å². The zero-order chi connectivity index (χ0) is 20.8. The van der Waals surface area contributed by atoms with Crippen LogP contribution in [0.1, 0.15) is 31.0 Å². The van der Waals surface area contributed by atoms with Crippen LogP contribution < -0.4 is 5.32 Å². The second kappa shape index (κ2) is 9.43. The Bertz CT molecular complexity index is 936. The smallest absolute Gasteiger partial charge is 0.338 e. The second-order valence-electron chi connectivity index (χ2n) is 6.58. The van der Waals surface area contributed by atoms with Crippen molar-refractivity contribution in [2.24, 2.45) is 0 Å². The summed E-state index contributed by atoms with van der Waals surface area (Å²) in [5.74, 6) is -0.443. The van der Waals surface area contributed by atoms with E-state index in [1.165, 1.54) is 4.90 Å². The maximum Gasteiger partial charge on any atom is 0.338 e. The van der Waals surface area contributed by atoms with Crippen molar-refractivity contribution in [1.82, 2.24) is 10.2 Å². The number of hydrogen-bond acceptors (Lipinski definition) is 3. The lowest BCUT2D eigenvalue weighted by molar-refractivity contribution is -0.139. The van der Waals surface area contributed by atoms with Gasteiger partial charge in [-0.05, 0) is 37.1 Å². The summed E-state index contributed by atoms with van der Waals surface area (Å²) in [6.07, 6.45) is 3.83. The zero-order valence-corrected chi connectivity index (χ0v) is 17.1. The van der Waals surface area contributed by atoms with Gasteiger partial charge < -0.3 is 10.1 Å². The Labute approximate surface area is 175 Å². The average Bonchev–Trinajstić information content (AvgIpc) is 2.71. The van der Waals surface area contributed by atoms with Crippen LogP contribution in [-0.4, -0.2) is 30.1 Å². The molecule has 150 valence electrons. The number of nitrogens with one attached hydrogen (secondary N) is 1. The highest BCUT2D eigenvalue weighted by Crippen LogP contribution is 2.31. The number of urea groups is 1. The van der Waals surface area contributed by atoms with Gasteiger partial charge in [-0.2, -0.15) is 0 Å². The van der Waals surface area contributed by atoms with Gasteiger partial charge in [-0.1, -0.05) is 66.2 Å². The van der Waals surface area contributed by atoms with Gasteiger partial charge in [0.25, 0.3) is 0 Å². The molecular formula is C23H23ClN2O3. The number of esters is 1. The first-order valence-electron chi connectivity index (χ1n) is 9.44. The fraction of sp³-hybridized carbons (Fsp3) is 0.217. The molecule has 0 fully saturated rings. The molecule has 2 amide bonds. The van der Waals surface area contributed by atoms with Crippen LogP contribution in [0.4, 0.5) is 4.79 Å². The number of amides is 2. The molecule has 0 spiro atoms. The number of carbonyl (C=O) groups excluding carboxylic acids is 2. The van der Waals surface area contributed by atoms with E-state index in [0.717, 1.165) is 11.1 Å². The number of carbonyl (C=O) groups is 2. The van der Waals surface area contributed by atoms with Gasteiger partial charge in [0, 0.05) is 17.3 Å². The quantitative estimate of drug-likeness (QED) is 0.685. The highest BCUT2D eigenvalue weighted by atomic mass is 35.5. The molecule has 3 rings (SSSR count).